The molecule has 4 amide bonds. The van der Waals surface area contributed by atoms with Crippen molar-refractivity contribution in [3.8, 4) is 5.75 Å². The fourth-order valence-electron chi connectivity index (χ4n) is 7.48. The van der Waals surface area contributed by atoms with E-state index in [2.05, 4.69) is 34.5 Å². The van der Waals surface area contributed by atoms with Gasteiger partial charge in [-0.25, -0.2) is 9.69 Å². The number of ether oxygens (including phenoxy) is 1. The summed E-state index contributed by atoms with van der Waals surface area (Å²) >= 11 is 6.09. The number of anilines is 2. The number of amides is 4. The standard InChI is InChI=1S/C42H34ClN3O4/c43-31-13-7-8-28(22-31)26-50-33-16-14-27(15-17-33)23-38-40(47)44-42(49)46(41(38)48)32-24-36-34(29-9-3-1-4-10-29)18-20-45-21-19-35(37(25-32)39(36)45)30-11-5-2-6-12-30/h1-17,22-25,34-35H,18-21,26H2,(H,44,47,49)/b38-23+/t34-,35-/m1/s1. The monoisotopic (exact) mass is 679 g/mol. The molecular formula is C42H34ClN3O4. The summed E-state index contributed by atoms with van der Waals surface area (Å²) in [6.45, 7) is 2.19. The van der Waals surface area contributed by atoms with E-state index in [1.807, 2.05) is 72.8 Å². The molecule has 3 aliphatic heterocycles. The first kappa shape index (κ1) is 31.6. The predicted molar refractivity (Wildman–Crippen MR) is 196 cm³/mol. The number of hydrogen-bond acceptors (Lipinski definition) is 5. The summed E-state index contributed by atoms with van der Waals surface area (Å²) in [6.07, 6.45) is 3.35. The zero-order valence-electron chi connectivity index (χ0n) is 27.2. The van der Waals surface area contributed by atoms with E-state index in [0.29, 0.717) is 28.6 Å². The first-order valence-electron chi connectivity index (χ1n) is 16.8. The molecule has 2 atom stereocenters. The Labute approximate surface area is 295 Å². The number of rotatable bonds is 7. The topological polar surface area (TPSA) is 79.0 Å². The van der Waals surface area contributed by atoms with Gasteiger partial charge in [-0.1, -0.05) is 96.5 Å². The summed E-state index contributed by atoms with van der Waals surface area (Å²) in [4.78, 5) is 44.4. The quantitative estimate of drug-likeness (QED) is 0.138. The maximum absolute atomic E-state index is 14.2. The van der Waals surface area contributed by atoms with Gasteiger partial charge in [0, 0.05) is 35.6 Å². The molecule has 0 spiro atoms. The van der Waals surface area contributed by atoms with Gasteiger partial charge in [0.25, 0.3) is 11.8 Å². The number of hydrogen-bond donors (Lipinski definition) is 1. The van der Waals surface area contributed by atoms with Crippen molar-refractivity contribution in [2.24, 2.45) is 0 Å². The van der Waals surface area contributed by atoms with Gasteiger partial charge in [0.05, 0.1) is 5.69 Å². The van der Waals surface area contributed by atoms with E-state index in [9.17, 15) is 14.4 Å². The molecule has 0 radical (unpaired) electrons. The van der Waals surface area contributed by atoms with Crippen molar-refractivity contribution in [2.75, 3.05) is 22.9 Å². The number of nitrogens with zero attached hydrogens (tertiary/aromatic N) is 2. The highest BCUT2D eigenvalue weighted by Crippen LogP contribution is 2.50. The van der Waals surface area contributed by atoms with Gasteiger partial charge < -0.3 is 9.64 Å². The molecule has 0 unspecified atom stereocenters. The van der Waals surface area contributed by atoms with Gasteiger partial charge in [-0.05, 0) is 88.7 Å². The molecule has 8 rings (SSSR count). The molecule has 1 saturated heterocycles. The van der Waals surface area contributed by atoms with E-state index in [-0.39, 0.29) is 17.4 Å². The number of barbiturate groups is 1. The van der Waals surface area contributed by atoms with E-state index < -0.39 is 17.8 Å². The molecule has 7 nitrogen and oxygen atoms in total. The van der Waals surface area contributed by atoms with Crippen LogP contribution in [0.25, 0.3) is 6.08 Å². The Kier molecular flexibility index (Phi) is 8.43. The van der Waals surface area contributed by atoms with Crippen LogP contribution in [0.2, 0.25) is 5.02 Å². The molecule has 5 aromatic carbocycles. The summed E-state index contributed by atoms with van der Waals surface area (Å²) in [6, 6.07) is 38.5. The van der Waals surface area contributed by atoms with Gasteiger partial charge >= 0.3 is 6.03 Å². The Morgan fingerprint density at radius 2 is 1.36 bits per heavy atom. The molecule has 3 heterocycles. The second-order valence-electron chi connectivity index (χ2n) is 12.9. The van der Waals surface area contributed by atoms with E-state index >= 15 is 0 Å². The first-order valence-corrected chi connectivity index (χ1v) is 17.2. The zero-order valence-corrected chi connectivity index (χ0v) is 28.0. The molecule has 3 aliphatic rings. The van der Waals surface area contributed by atoms with Crippen molar-refractivity contribution >= 4 is 46.9 Å². The van der Waals surface area contributed by atoms with Crippen LogP contribution in [0.5, 0.6) is 5.75 Å². The van der Waals surface area contributed by atoms with Crippen molar-refractivity contribution in [3.05, 3.63) is 165 Å². The second kappa shape index (κ2) is 13.3. The summed E-state index contributed by atoms with van der Waals surface area (Å²) in [7, 11) is 0. The molecule has 0 aromatic heterocycles. The predicted octanol–water partition coefficient (Wildman–Crippen LogP) is 8.46. The van der Waals surface area contributed by atoms with E-state index in [4.69, 9.17) is 16.3 Å². The van der Waals surface area contributed by atoms with Crippen molar-refractivity contribution in [2.45, 2.75) is 31.3 Å². The maximum Gasteiger partial charge on any atom is 0.335 e. The van der Waals surface area contributed by atoms with Gasteiger partial charge in [0.2, 0.25) is 0 Å². The van der Waals surface area contributed by atoms with Crippen LogP contribution in [0.15, 0.2) is 127 Å². The van der Waals surface area contributed by atoms with Crippen LogP contribution in [0.3, 0.4) is 0 Å². The lowest BCUT2D eigenvalue weighted by Crippen LogP contribution is -2.54. The van der Waals surface area contributed by atoms with Crippen LogP contribution in [0, 0.1) is 0 Å². The van der Waals surface area contributed by atoms with Gasteiger partial charge in [-0.15, -0.1) is 0 Å². The third kappa shape index (κ3) is 6.05. The molecule has 1 fully saturated rings. The molecule has 5 aromatic rings. The van der Waals surface area contributed by atoms with Crippen LogP contribution in [0.4, 0.5) is 16.2 Å². The molecule has 0 bridgehead atoms. The lowest BCUT2D eigenvalue weighted by Gasteiger charge is -2.44. The molecular weight excluding hydrogens is 646 g/mol. The lowest BCUT2D eigenvalue weighted by molar-refractivity contribution is -0.122. The minimum absolute atomic E-state index is 0.0925. The summed E-state index contributed by atoms with van der Waals surface area (Å²) in [5.41, 5.74) is 7.64. The van der Waals surface area contributed by atoms with Gasteiger partial charge in [-0.2, -0.15) is 0 Å². The Morgan fingerprint density at radius 3 is 1.96 bits per heavy atom. The van der Waals surface area contributed by atoms with Crippen LogP contribution >= 0.6 is 11.6 Å². The Balaban J connectivity index is 1.15. The Morgan fingerprint density at radius 1 is 0.740 bits per heavy atom. The maximum atomic E-state index is 14.2. The fraction of sp³-hybridized carbons (Fsp3) is 0.167. The molecule has 0 aliphatic carbocycles. The van der Waals surface area contributed by atoms with E-state index in [1.54, 1.807) is 24.3 Å². The number of carbonyl (C=O) groups is 3. The molecule has 8 heteroatoms. The summed E-state index contributed by atoms with van der Waals surface area (Å²) in [5.74, 6) is -0.582. The molecule has 248 valence electrons. The highest BCUT2D eigenvalue weighted by Gasteiger charge is 2.40. The van der Waals surface area contributed by atoms with Gasteiger partial charge in [-0.3, -0.25) is 14.9 Å². The van der Waals surface area contributed by atoms with Crippen LogP contribution in [-0.2, 0) is 16.2 Å². The average molecular weight is 680 g/mol. The number of benzene rings is 5. The van der Waals surface area contributed by atoms with Crippen molar-refractivity contribution < 1.29 is 19.1 Å². The Hall–Kier alpha value is -5.66. The number of imide groups is 2. The first-order chi connectivity index (χ1) is 24.4. The van der Waals surface area contributed by atoms with Crippen molar-refractivity contribution in [1.29, 1.82) is 0 Å². The SMILES string of the molecule is O=C1NC(=O)N(c2cc3c4c(c2)[C@@H](c2ccccc2)CCN4CC[C@@H]3c2ccccc2)C(=O)/C1=C/c1ccc(OCc2cccc(Cl)c2)cc1. The number of urea groups is 1. The zero-order chi connectivity index (χ0) is 34.2. The third-order valence-electron chi connectivity index (χ3n) is 9.85. The molecule has 50 heavy (non-hydrogen) atoms. The number of nitrogens with one attached hydrogen (secondary N) is 1. The van der Waals surface area contributed by atoms with Crippen molar-refractivity contribution in [1.82, 2.24) is 5.32 Å². The highest BCUT2D eigenvalue weighted by atomic mass is 35.5. The minimum Gasteiger partial charge on any atom is -0.489 e. The normalized spacial score (nSPS) is 19.3. The van der Waals surface area contributed by atoms with E-state index in [1.165, 1.54) is 22.9 Å². The fourth-order valence-corrected chi connectivity index (χ4v) is 7.69. The molecule has 0 saturated carbocycles. The minimum atomic E-state index is -0.759. The largest absolute Gasteiger partial charge is 0.489 e. The highest BCUT2D eigenvalue weighted by molar-refractivity contribution is 6.39. The smallest absolute Gasteiger partial charge is 0.335 e. The summed E-state index contributed by atoms with van der Waals surface area (Å²) in [5, 5.41) is 3.06. The van der Waals surface area contributed by atoms with Gasteiger partial charge in [0.1, 0.15) is 17.9 Å². The van der Waals surface area contributed by atoms with Crippen LogP contribution in [-0.4, -0.2) is 30.9 Å². The Bertz CT molecular complexity index is 2060. The third-order valence-corrected chi connectivity index (χ3v) is 10.1. The van der Waals surface area contributed by atoms with Crippen LogP contribution < -0.4 is 19.9 Å². The van der Waals surface area contributed by atoms with E-state index in [0.717, 1.165) is 47.5 Å². The van der Waals surface area contributed by atoms with Gasteiger partial charge in [0.15, 0.2) is 0 Å². The number of carbonyl (C=O) groups excluding carboxylic acids is 3. The lowest BCUT2D eigenvalue weighted by atomic mass is 9.76. The molecule has 1 N–H and O–H groups in total. The van der Waals surface area contributed by atoms with Crippen LogP contribution in [0.1, 0.15) is 58.1 Å². The average Bonchev–Trinajstić information content (AvgIpc) is 3.14. The van der Waals surface area contributed by atoms with Crippen molar-refractivity contribution in [3.63, 3.8) is 0 Å². The number of halogens is 1. The second-order valence-corrected chi connectivity index (χ2v) is 13.3. The summed E-state index contributed by atoms with van der Waals surface area (Å²) < 4.78 is 5.90.